The molecule has 8 heteroatoms. The van der Waals surface area contributed by atoms with Crippen molar-refractivity contribution in [2.45, 2.75) is 32.8 Å². The number of Topliss-reactive ketones (excluding diaryl/α,β-unsaturated/α-hetero) is 1. The van der Waals surface area contributed by atoms with Crippen LogP contribution in [0.4, 0.5) is 0 Å². The lowest BCUT2D eigenvalue weighted by molar-refractivity contribution is -0.149. The van der Waals surface area contributed by atoms with E-state index >= 15 is 0 Å². The number of ketones is 1. The summed E-state index contributed by atoms with van der Waals surface area (Å²) in [6, 6.07) is 17.9. The second kappa shape index (κ2) is 11.1. The molecule has 0 aliphatic rings. The van der Waals surface area contributed by atoms with Gasteiger partial charge in [-0.3, -0.25) is 9.59 Å². The molecule has 0 spiro atoms. The Morgan fingerprint density at radius 2 is 1.57 bits per heavy atom. The van der Waals surface area contributed by atoms with Crippen LogP contribution in [0.2, 0.25) is 5.02 Å². The Kier molecular flexibility index (Phi) is 8.14. The van der Waals surface area contributed by atoms with Gasteiger partial charge in [0, 0.05) is 23.2 Å². The van der Waals surface area contributed by atoms with Crippen LogP contribution in [0.15, 0.2) is 66.7 Å². The highest BCUT2D eigenvalue weighted by molar-refractivity contribution is 6.30. The van der Waals surface area contributed by atoms with Crippen molar-refractivity contribution in [3.8, 4) is 17.2 Å². The third-order valence-electron chi connectivity index (χ3n) is 5.15. The van der Waals surface area contributed by atoms with E-state index in [-0.39, 0.29) is 28.8 Å². The van der Waals surface area contributed by atoms with Gasteiger partial charge in [0.05, 0.1) is 5.56 Å². The predicted octanol–water partition coefficient (Wildman–Crippen LogP) is 4.98. The number of benzene rings is 3. The lowest BCUT2D eigenvalue weighted by Gasteiger charge is -2.24. The Balaban J connectivity index is 1.52. The maximum absolute atomic E-state index is 12.6. The number of hydrogen-bond donors (Lipinski definition) is 2. The molecule has 0 aliphatic heterocycles. The molecule has 182 valence electrons. The maximum atomic E-state index is 12.6. The molecule has 7 nitrogen and oxygen atoms in total. The summed E-state index contributed by atoms with van der Waals surface area (Å²) >= 11 is 5.84. The number of carbonyl (C=O) groups excluding carboxylic acids is 3. The van der Waals surface area contributed by atoms with Crippen LogP contribution >= 0.6 is 11.6 Å². The van der Waals surface area contributed by atoms with Crippen molar-refractivity contribution in [1.29, 1.82) is 0 Å². The molecular formula is C27H26ClNO6. The first-order valence-corrected chi connectivity index (χ1v) is 11.3. The maximum Gasteiger partial charge on any atom is 0.355 e. The van der Waals surface area contributed by atoms with E-state index in [1.165, 1.54) is 25.1 Å². The summed E-state index contributed by atoms with van der Waals surface area (Å²) in [6.45, 7) is 4.92. The van der Waals surface area contributed by atoms with E-state index in [2.05, 4.69) is 5.32 Å². The molecular weight excluding hydrogens is 470 g/mol. The van der Waals surface area contributed by atoms with Crippen LogP contribution in [-0.2, 0) is 11.2 Å². The number of aromatic hydroxyl groups is 1. The van der Waals surface area contributed by atoms with Crippen LogP contribution < -0.4 is 14.8 Å². The van der Waals surface area contributed by atoms with Crippen LogP contribution in [0, 0.1) is 0 Å². The second-order valence-corrected chi connectivity index (χ2v) is 8.83. The molecule has 0 atom stereocenters. The van der Waals surface area contributed by atoms with Crippen LogP contribution in [-0.4, -0.2) is 34.9 Å². The van der Waals surface area contributed by atoms with Crippen molar-refractivity contribution < 1.29 is 29.0 Å². The zero-order chi connectivity index (χ0) is 25.6. The quantitative estimate of drug-likeness (QED) is 0.246. The van der Waals surface area contributed by atoms with Crippen molar-refractivity contribution in [1.82, 2.24) is 5.32 Å². The average Bonchev–Trinajstić information content (AvgIpc) is 2.80. The number of phenolic OH excluding ortho intramolecular Hbond substituents is 1. The number of carbonyl (C=O) groups is 3. The van der Waals surface area contributed by atoms with Gasteiger partial charge in [0.1, 0.15) is 17.2 Å². The number of halogens is 1. The highest BCUT2D eigenvalue weighted by atomic mass is 35.5. The molecule has 0 heterocycles. The minimum absolute atomic E-state index is 0.102. The Morgan fingerprint density at radius 1 is 0.943 bits per heavy atom. The average molecular weight is 496 g/mol. The van der Waals surface area contributed by atoms with E-state index in [1.54, 1.807) is 50.2 Å². The second-order valence-electron chi connectivity index (χ2n) is 8.39. The van der Waals surface area contributed by atoms with E-state index in [0.29, 0.717) is 29.3 Å². The Labute approximate surface area is 208 Å². The molecule has 3 aromatic rings. The summed E-state index contributed by atoms with van der Waals surface area (Å²) in [5.74, 6) is -0.827. The number of ether oxygens (including phenoxy) is 2. The zero-order valence-electron chi connectivity index (χ0n) is 19.6. The van der Waals surface area contributed by atoms with Gasteiger partial charge in [-0.1, -0.05) is 23.7 Å². The van der Waals surface area contributed by atoms with Crippen LogP contribution in [0.3, 0.4) is 0 Å². The standard InChI is InChI=1S/C27H26ClNO6/c1-17(30)23-13-12-22(16-24(23)31)34-26(33)27(2,3)35-21-10-4-18(5-11-21)14-15-29-25(32)19-6-8-20(28)9-7-19/h4-13,16,31H,14-15H2,1-3H3,(H,29,32). The van der Waals surface area contributed by atoms with Gasteiger partial charge in [-0.15, -0.1) is 0 Å². The van der Waals surface area contributed by atoms with Crippen molar-refractivity contribution in [3.63, 3.8) is 0 Å². The van der Waals surface area contributed by atoms with Gasteiger partial charge in [-0.2, -0.15) is 0 Å². The van der Waals surface area contributed by atoms with Crippen LogP contribution in [0.25, 0.3) is 0 Å². The lowest BCUT2D eigenvalue weighted by atomic mass is 10.1. The Bertz CT molecular complexity index is 1220. The monoisotopic (exact) mass is 495 g/mol. The number of hydrogen-bond acceptors (Lipinski definition) is 6. The van der Waals surface area contributed by atoms with Gasteiger partial charge in [0.25, 0.3) is 5.91 Å². The first-order chi connectivity index (χ1) is 16.5. The fourth-order valence-electron chi connectivity index (χ4n) is 3.19. The molecule has 3 rings (SSSR count). The van der Waals surface area contributed by atoms with E-state index in [9.17, 15) is 19.5 Å². The molecule has 35 heavy (non-hydrogen) atoms. The van der Waals surface area contributed by atoms with Gasteiger partial charge in [0.2, 0.25) is 5.60 Å². The van der Waals surface area contributed by atoms with Gasteiger partial charge >= 0.3 is 5.97 Å². The Hall–Kier alpha value is -3.84. The molecule has 1 amide bonds. The topological polar surface area (TPSA) is 102 Å². The minimum Gasteiger partial charge on any atom is -0.507 e. The number of phenols is 1. The van der Waals surface area contributed by atoms with Crippen LogP contribution in [0.1, 0.15) is 47.1 Å². The van der Waals surface area contributed by atoms with Gasteiger partial charge in [-0.05, 0) is 81.3 Å². The summed E-state index contributed by atoms with van der Waals surface area (Å²) in [7, 11) is 0. The van der Waals surface area contributed by atoms with E-state index in [0.717, 1.165) is 5.56 Å². The van der Waals surface area contributed by atoms with Gasteiger partial charge in [-0.25, -0.2) is 4.79 Å². The first-order valence-electron chi connectivity index (χ1n) is 10.9. The van der Waals surface area contributed by atoms with E-state index in [1.807, 2.05) is 12.1 Å². The summed E-state index contributed by atoms with van der Waals surface area (Å²) in [6.07, 6.45) is 0.616. The molecule has 0 unspecified atom stereocenters. The summed E-state index contributed by atoms with van der Waals surface area (Å²) in [4.78, 5) is 36.2. The van der Waals surface area contributed by atoms with E-state index in [4.69, 9.17) is 21.1 Å². The first kappa shape index (κ1) is 25.8. The SMILES string of the molecule is CC(=O)c1ccc(OC(=O)C(C)(C)Oc2ccc(CCNC(=O)c3ccc(Cl)cc3)cc2)cc1O. The highest BCUT2D eigenvalue weighted by Gasteiger charge is 2.32. The summed E-state index contributed by atoms with van der Waals surface area (Å²) < 4.78 is 11.1. The lowest BCUT2D eigenvalue weighted by Crippen LogP contribution is -2.41. The largest absolute Gasteiger partial charge is 0.507 e. The normalized spacial score (nSPS) is 11.0. The minimum atomic E-state index is -1.32. The molecule has 0 saturated heterocycles. The molecule has 0 aliphatic carbocycles. The summed E-state index contributed by atoms with van der Waals surface area (Å²) in [5.41, 5.74) is 0.348. The summed E-state index contributed by atoms with van der Waals surface area (Å²) in [5, 5.41) is 13.4. The van der Waals surface area contributed by atoms with E-state index < -0.39 is 11.6 Å². The number of esters is 1. The highest BCUT2D eigenvalue weighted by Crippen LogP contribution is 2.26. The van der Waals surface area contributed by atoms with Crippen molar-refractivity contribution in [2.75, 3.05) is 6.54 Å². The van der Waals surface area contributed by atoms with Gasteiger partial charge in [0.15, 0.2) is 5.78 Å². The van der Waals surface area contributed by atoms with Crippen molar-refractivity contribution >= 4 is 29.3 Å². The molecule has 2 N–H and O–H groups in total. The predicted molar refractivity (Wildman–Crippen MR) is 132 cm³/mol. The molecule has 0 fully saturated rings. The fourth-order valence-corrected chi connectivity index (χ4v) is 3.31. The molecule has 3 aromatic carbocycles. The fraction of sp³-hybridized carbons (Fsp3) is 0.222. The zero-order valence-corrected chi connectivity index (χ0v) is 20.4. The molecule has 0 saturated carbocycles. The van der Waals surface area contributed by atoms with Crippen molar-refractivity contribution in [2.24, 2.45) is 0 Å². The third kappa shape index (κ3) is 7.07. The Morgan fingerprint density at radius 3 is 2.17 bits per heavy atom. The number of amides is 1. The third-order valence-corrected chi connectivity index (χ3v) is 5.40. The molecule has 0 bridgehead atoms. The molecule has 0 aromatic heterocycles. The molecule has 0 radical (unpaired) electrons. The van der Waals surface area contributed by atoms with Gasteiger partial charge < -0.3 is 19.9 Å². The van der Waals surface area contributed by atoms with Crippen molar-refractivity contribution in [3.05, 3.63) is 88.4 Å². The number of rotatable bonds is 9. The van der Waals surface area contributed by atoms with Crippen LogP contribution in [0.5, 0.6) is 17.2 Å². The smallest absolute Gasteiger partial charge is 0.355 e. The number of nitrogens with one attached hydrogen (secondary N) is 1.